The maximum atomic E-state index is 12.4. The van der Waals surface area contributed by atoms with E-state index in [0.29, 0.717) is 22.4 Å². The van der Waals surface area contributed by atoms with Crippen LogP contribution in [0.3, 0.4) is 0 Å². The molecule has 1 saturated heterocycles. The Morgan fingerprint density at radius 1 is 1.31 bits per heavy atom. The van der Waals surface area contributed by atoms with E-state index in [1.165, 1.54) is 23.1 Å². The lowest BCUT2D eigenvalue weighted by Gasteiger charge is -2.13. The first-order valence-electron chi connectivity index (χ1n) is 8.22. The number of nitrogens with one attached hydrogen (secondary N) is 1. The maximum Gasteiger partial charge on any atom is 0.277 e. The molecular formula is C17H16N4O3S2. The fourth-order valence-corrected chi connectivity index (χ4v) is 4.05. The van der Waals surface area contributed by atoms with Crippen molar-refractivity contribution >= 4 is 34.8 Å². The lowest BCUT2D eigenvalue weighted by atomic mass is 10.2. The van der Waals surface area contributed by atoms with E-state index in [0.717, 1.165) is 30.8 Å². The van der Waals surface area contributed by atoms with Gasteiger partial charge in [-0.25, -0.2) is 0 Å². The summed E-state index contributed by atoms with van der Waals surface area (Å²) in [4.78, 5) is 30.3. The predicted molar refractivity (Wildman–Crippen MR) is 98.6 cm³/mol. The van der Waals surface area contributed by atoms with Crippen molar-refractivity contribution in [2.24, 2.45) is 0 Å². The number of Topliss-reactive ketones (excluding diaryl/α,β-unsaturated/α-hetero) is 1. The highest BCUT2D eigenvalue weighted by atomic mass is 32.2. The predicted octanol–water partition coefficient (Wildman–Crippen LogP) is 3.34. The van der Waals surface area contributed by atoms with E-state index >= 15 is 0 Å². The number of aromatic amines is 1. The summed E-state index contributed by atoms with van der Waals surface area (Å²) in [6.07, 6.45) is 3.65. The summed E-state index contributed by atoms with van der Waals surface area (Å²) in [6.45, 7) is 1.56. The van der Waals surface area contributed by atoms with Gasteiger partial charge >= 0.3 is 0 Å². The highest BCUT2D eigenvalue weighted by molar-refractivity contribution is 7.99. The van der Waals surface area contributed by atoms with Crippen LogP contribution in [-0.2, 0) is 0 Å². The number of nitrogens with zero attached hydrogens (tertiary/aromatic N) is 3. The molecule has 4 heterocycles. The van der Waals surface area contributed by atoms with Crippen molar-refractivity contribution in [1.29, 1.82) is 0 Å². The first-order valence-corrected chi connectivity index (χ1v) is 10.1. The van der Waals surface area contributed by atoms with Gasteiger partial charge in [0.05, 0.1) is 10.6 Å². The van der Waals surface area contributed by atoms with Crippen LogP contribution in [0, 0.1) is 0 Å². The van der Waals surface area contributed by atoms with Gasteiger partial charge in [0.2, 0.25) is 0 Å². The van der Waals surface area contributed by atoms with Gasteiger partial charge in [0, 0.05) is 24.8 Å². The molecule has 3 aromatic heterocycles. The van der Waals surface area contributed by atoms with Gasteiger partial charge in [-0.3, -0.25) is 9.59 Å². The van der Waals surface area contributed by atoms with Crippen LogP contribution < -0.4 is 0 Å². The molecule has 1 aliphatic heterocycles. The molecular weight excluding hydrogens is 372 g/mol. The van der Waals surface area contributed by atoms with Gasteiger partial charge in [0.1, 0.15) is 5.69 Å². The lowest BCUT2D eigenvalue weighted by molar-refractivity contribution is 0.0787. The second-order valence-electron chi connectivity index (χ2n) is 5.86. The minimum absolute atomic E-state index is 0.0494. The molecule has 1 N–H and O–H groups in total. The zero-order chi connectivity index (χ0) is 17.9. The molecule has 0 aliphatic carbocycles. The third-order valence-electron chi connectivity index (χ3n) is 4.09. The molecule has 3 aromatic rings. The van der Waals surface area contributed by atoms with E-state index in [1.807, 2.05) is 17.5 Å². The number of carbonyl (C=O) groups is 2. The molecule has 1 fully saturated rings. The Labute approximate surface area is 157 Å². The minimum Gasteiger partial charge on any atom is -0.410 e. The molecule has 0 bridgehead atoms. The molecule has 1 aliphatic rings. The molecule has 9 heteroatoms. The molecule has 0 unspecified atom stereocenters. The van der Waals surface area contributed by atoms with Gasteiger partial charge in [-0.2, -0.15) is 0 Å². The van der Waals surface area contributed by atoms with Crippen LogP contribution >= 0.6 is 23.1 Å². The van der Waals surface area contributed by atoms with E-state index in [-0.39, 0.29) is 17.4 Å². The average Bonchev–Trinajstić information content (AvgIpc) is 3.45. The number of ketones is 1. The van der Waals surface area contributed by atoms with Crippen molar-refractivity contribution in [2.75, 3.05) is 18.8 Å². The second kappa shape index (κ2) is 7.46. The zero-order valence-corrected chi connectivity index (χ0v) is 15.4. The summed E-state index contributed by atoms with van der Waals surface area (Å²) in [5.41, 5.74) is 0.941. The molecule has 0 atom stereocenters. The fourth-order valence-electron chi connectivity index (χ4n) is 2.75. The summed E-state index contributed by atoms with van der Waals surface area (Å²) in [6, 6.07) is 5.43. The summed E-state index contributed by atoms with van der Waals surface area (Å²) in [5, 5.41) is 10.2. The summed E-state index contributed by atoms with van der Waals surface area (Å²) < 4.78 is 5.56. The third kappa shape index (κ3) is 3.58. The van der Waals surface area contributed by atoms with Crippen LogP contribution in [0.25, 0.3) is 10.8 Å². The Bertz CT molecular complexity index is 910. The Morgan fingerprint density at radius 2 is 2.15 bits per heavy atom. The van der Waals surface area contributed by atoms with Crippen LogP contribution in [0.4, 0.5) is 0 Å². The van der Waals surface area contributed by atoms with Crippen LogP contribution in [0.1, 0.15) is 33.7 Å². The van der Waals surface area contributed by atoms with Gasteiger partial charge in [-0.05, 0) is 30.4 Å². The van der Waals surface area contributed by atoms with Gasteiger partial charge in [0.15, 0.2) is 5.78 Å². The van der Waals surface area contributed by atoms with Crippen LogP contribution in [0.5, 0.6) is 0 Å². The quantitative estimate of drug-likeness (QED) is 0.514. The summed E-state index contributed by atoms with van der Waals surface area (Å²) in [5.74, 6) is 0.478. The zero-order valence-electron chi connectivity index (χ0n) is 13.8. The number of rotatable bonds is 6. The monoisotopic (exact) mass is 388 g/mol. The van der Waals surface area contributed by atoms with Crippen molar-refractivity contribution in [3.05, 3.63) is 41.0 Å². The van der Waals surface area contributed by atoms with Crippen LogP contribution in [-0.4, -0.2) is 50.6 Å². The number of hydrogen-bond acceptors (Lipinski definition) is 7. The van der Waals surface area contributed by atoms with E-state index < -0.39 is 0 Å². The smallest absolute Gasteiger partial charge is 0.277 e. The number of carbonyl (C=O) groups excluding carboxylic acids is 2. The van der Waals surface area contributed by atoms with Gasteiger partial charge < -0.3 is 14.3 Å². The van der Waals surface area contributed by atoms with Gasteiger partial charge in [-0.15, -0.1) is 21.5 Å². The minimum atomic E-state index is -0.0948. The van der Waals surface area contributed by atoms with Crippen molar-refractivity contribution in [2.45, 2.75) is 18.1 Å². The number of hydrogen-bond donors (Lipinski definition) is 1. The SMILES string of the molecule is O=C(CSc1nnc(-c2cccs2)o1)c1c[nH]c(C(=O)N2CCCC2)c1. The van der Waals surface area contributed by atoms with E-state index in [1.54, 1.807) is 17.2 Å². The molecule has 0 saturated carbocycles. The fraction of sp³-hybridized carbons (Fsp3) is 0.294. The molecule has 0 radical (unpaired) electrons. The van der Waals surface area contributed by atoms with Crippen molar-refractivity contribution in [3.63, 3.8) is 0 Å². The van der Waals surface area contributed by atoms with E-state index in [2.05, 4.69) is 15.2 Å². The van der Waals surface area contributed by atoms with Crippen molar-refractivity contribution < 1.29 is 14.0 Å². The second-order valence-corrected chi connectivity index (χ2v) is 7.74. The topological polar surface area (TPSA) is 92.1 Å². The largest absolute Gasteiger partial charge is 0.410 e. The Balaban J connectivity index is 1.36. The number of thioether (sulfide) groups is 1. The van der Waals surface area contributed by atoms with Crippen molar-refractivity contribution in [3.8, 4) is 10.8 Å². The summed E-state index contributed by atoms with van der Waals surface area (Å²) in [7, 11) is 0. The first-order chi connectivity index (χ1) is 12.7. The van der Waals surface area contributed by atoms with Gasteiger partial charge in [-0.1, -0.05) is 17.8 Å². The Hall–Kier alpha value is -2.39. The average molecular weight is 388 g/mol. The standard InChI is InChI=1S/C17H16N4O3S2/c22-13(10-26-17-20-19-15(24-17)14-4-3-7-25-14)11-8-12(18-9-11)16(23)21-5-1-2-6-21/h3-4,7-9,18H,1-2,5-6,10H2. The van der Waals surface area contributed by atoms with Gasteiger partial charge in [0.25, 0.3) is 17.0 Å². The number of likely N-dealkylation sites (tertiary alicyclic amines) is 1. The van der Waals surface area contributed by atoms with E-state index in [4.69, 9.17) is 4.42 Å². The Kier molecular flexibility index (Phi) is 4.89. The molecule has 1 amide bonds. The highest BCUT2D eigenvalue weighted by Crippen LogP contribution is 2.26. The molecule has 134 valence electrons. The first kappa shape index (κ1) is 17.0. The Morgan fingerprint density at radius 3 is 2.92 bits per heavy atom. The molecule has 26 heavy (non-hydrogen) atoms. The van der Waals surface area contributed by atoms with Crippen molar-refractivity contribution in [1.82, 2.24) is 20.1 Å². The molecule has 4 rings (SSSR count). The number of thiophene rings is 1. The van der Waals surface area contributed by atoms with Crippen LogP contribution in [0.2, 0.25) is 0 Å². The highest BCUT2D eigenvalue weighted by Gasteiger charge is 2.22. The normalized spacial score (nSPS) is 14.1. The number of amides is 1. The third-order valence-corrected chi connectivity index (χ3v) is 5.77. The number of H-pyrrole nitrogens is 1. The summed E-state index contributed by atoms with van der Waals surface area (Å²) >= 11 is 2.70. The molecule has 0 spiro atoms. The maximum absolute atomic E-state index is 12.4. The number of aromatic nitrogens is 3. The van der Waals surface area contributed by atoms with Crippen LogP contribution in [0.15, 0.2) is 39.4 Å². The molecule has 7 nitrogen and oxygen atoms in total. The lowest BCUT2D eigenvalue weighted by Crippen LogP contribution is -2.27. The molecule has 0 aromatic carbocycles. The van der Waals surface area contributed by atoms with E-state index in [9.17, 15) is 9.59 Å².